The summed E-state index contributed by atoms with van der Waals surface area (Å²) in [7, 11) is 0. The zero-order chi connectivity index (χ0) is 20.1. The highest BCUT2D eigenvalue weighted by Gasteiger charge is 2.30. The van der Waals surface area contributed by atoms with Crippen molar-refractivity contribution in [3.8, 4) is 5.75 Å². The van der Waals surface area contributed by atoms with Gasteiger partial charge in [0.1, 0.15) is 5.75 Å². The predicted molar refractivity (Wildman–Crippen MR) is 100 cm³/mol. The van der Waals surface area contributed by atoms with Gasteiger partial charge in [-0.2, -0.15) is 13.2 Å². The van der Waals surface area contributed by atoms with Crippen molar-refractivity contribution in [2.45, 2.75) is 12.6 Å². The summed E-state index contributed by atoms with van der Waals surface area (Å²) >= 11 is 0. The van der Waals surface area contributed by atoms with E-state index in [2.05, 4.69) is 15.6 Å². The largest absolute Gasteiger partial charge is 0.508 e. The number of halogens is 3. The van der Waals surface area contributed by atoms with Crippen molar-refractivity contribution in [3.63, 3.8) is 0 Å². The van der Waals surface area contributed by atoms with Crippen LogP contribution >= 0.6 is 0 Å². The molecule has 0 aliphatic rings. The van der Waals surface area contributed by atoms with E-state index in [1.165, 1.54) is 24.4 Å². The van der Waals surface area contributed by atoms with Crippen LogP contribution < -0.4 is 10.6 Å². The third kappa shape index (κ3) is 4.70. The minimum atomic E-state index is -4.41. The molecule has 28 heavy (non-hydrogen) atoms. The number of nitrogens with zero attached hydrogens (tertiary/aromatic N) is 1. The number of rotatable bonds is 6. The summed E-state index contributed by atoms with van der Waals surface area (Å²) in [6, 6.07) is 11.2. The Kier molecular flexibility index (Phi) is 5.67. The number of amides is 1. The van der Waals surface area contributed by atoms with Crippen molar-refractivity contribution < 1.29 is 23.1 Å². The number of alkyl halides is 3. The van der Waals surface area contributed by atoms with Crippen molar-refractivity contribution in [2.24, 2.45) is 0 Å². The summed E-state index contributed by atoms with van der Waals surface area (Å²) < 4.78 is 38.5. The van der Waals surface area contributed by atoms with Gasteiger partial charge in [-0.25, -0.2) is 0 Å². The zero-order valence-electron chi connectivity index (χ0n) is 14.8. The van der Waals surface area contributed by atoms with E-state index in [4.69, 9.17) is 0 Å². The second-order valence-electron chi connectivity index (χ2n) is 6.17. The topological polar surface area (TPSA) is 74.2 Å². The van der Waals surface area contributed by atoms with Gasteiger partial charge in [0.25, 0.3) is 5.91 Å². The maximum absolute atomic E-state index is 12.8. The van der Waals surface area contributed by atoms with Gasteiger partial charge in [-0.05, 0) is 42.8 Å². The highest BCUT2D eigenvalue weighted by Crippen LogP contribution is 2.32. The number of carbonyl (C=O) groups excluding carboxylic acids is 1. The van der Waals surface area contributed by atoms with Gasteiger partial charge in [-0.1, -0.05) is 12.1 Å². The standard InChI is InChI=1S/C20H18F3N3O2/c21-20(22,23)14-5-6-16-17(7-10-25-18(16)12-14)24-8-2-9-26-19(28)13-3-1-4-15(27)11-13/h1,3-7,10-12,27H,2,8-9H2,(H,24,25)(H,26,28). The average molecular weight is 389 g/mol. The molecular weight excluding hydrogens is 371 g/mol. The molecule has 0 saturated carbocycles. The highest BCUT2D eigenvalue weighted by molar-refractivity contribution is 5.94. The van der Waals surface area contributed by atoms with Crippen LogP contribution in [-0.4, -0.2) is 29.1 Å². The van der Waals surface area contributed by atoms with Crippen LogP contribution in [0.2, 0.25) is 0 Å². The Bertz CT molecular complexity index is 990. The van der Waals surface area contributed by atoms with E-state index < -0.39 is 11.7 Å². The molecule has 0 spiro atoms. The van der Waals surface area contributed by atoms with Crippen LogP contribution in [-0.2, 0) is 6.18 Å². The van der Waals surface area contributed by atoms with E-state index in [-0.39, 0.29) is 17.2 Å². The second-order valence-corrected chi connectivity index (χ2v) is 6.17. The lowest BCUT2D eigenvalue weighted by Gasteiger charge is -2.12. The first-order chi connectivity index (χ1) is 13.3. The number of phenolic OH excluding ortho intramolecular Hbond substituents is 1. The minimum Gasteiger partial charge on any atom is -0.508 e. The van der Waals surface area contributed by atoms with Crippen molar-refractivity contribution in [1.82, 2.24) is 10.3 Å². The van der Waals surface area contributed by atoms with E-state index in [9.17, 15) is 23.1 Å². The summed E-state index contributed by atoms with van der Waals surface area (Å²) in [6.07, 6.45) is -2.35. The highest BCUT2D eigenvalue weighted by atomic mass is 19.4. The van der Waals surface area contributed by atoms with Crippen molar-refractivity contribution in [2.75, 3.05) is 18.4 Å². The summed E-state index contributed by atoms with van der Waals surface area (Å²) in [5, 5.41) is 15.9. The van der Waals surface area contributed by atoms with Crippen LogP contribution in [0.1, 0.15) is 22.3 Å². The molecule has 0 unspecified atom stereocenters. The summed E-state index contributed by atoms with van der Waals surface area (Å²) in [4.78, 5) is 16.0. The number of pyridine rings is 1. The lowest BCUT2D eigenvalue weighted by Crippen LogP contribution is -2.25. The summed E-state index contributed by atoms with van der Waals surface area (Å²) in [6.45, 7) is 0.920. The van der Waals surface area contributed by atoms with Crippen LogP contribution in [0.25, 0.3) is 10.9 Å². The van der Waals surface area contributed by atoms with Crippen LogP contribution in [0.3, 0.4) is 0 Å². The molecule has 0 atom stereocenters. The van der Waals surface area contributed by atoms with E-state index in [0.717, 1.165) is 12.1 Å². The van der Waals surface area contributed by atoms with E-state index in [0.29, 0.717) is 36.1 Å². The molecule has 5 nitrogen and oxygen atoms in total. The number of nitrogens with one attached hydrogen (secondary N) is 2. The van der Waals surface area contributed by atoms with E-state index >= 15 is 0 Å². The van der Waals surface area contributed by atoms with E-state index in [1.54, 1.807) is 18.2 Å². The molecule has 0 fully saturated rings. The number of hydrogen-bond donors (Lipinski definition) is 3. The number of phenols is 1. The molecule has 3 aromatic rings. The van der Waals surface area contributed by atoms with Gasteiger partial charge in [0.15, 0.2) is 0 Å². The molecule has 3 rings (SSSR count). The Hall–Kier alpha value is -3.29. The predicted octanol–water partition coefficient (Wildman–Crippen LogP) is 4.19. The van der Waals surface area contributed by atoms with Crippen LogP contribution in [0.5, 0.6) is 5.75 Å². The Morgan fingerprint density at radius 2 is 1.89 bits per heavy atom. The van der Waals surface area contributed by atoms with Gasteiger partial charge < -0.3 is 15.7 Å². The van der Waals surface area contributed by atoms with Gasteiger partial charge in [0.05, 0.1) is 11.1 Å². The third-order valence-electron chi connectivity index (χ3n) is 4.13. The minimum absolute atomic E-state index is 0.0209. The maximum atomic E-state index is 12.8. The fourth-order valence-corrected chi connectivity index (χ4v) is 2.74. The van der Waals surface area contributed by atoms with Gasteiger partial charge in [-0.15, -0.1) is 0 Å². The Balaban J connectivity index is 1.55. The molecule has 2 aromatic carbocycles. The number of hydrogen-bond acceptors (Lipinski definition) is 4. The molecule has 0 aliphatic carbocycles. The fourth-order valence-electron chi connectivity index (χ4n) is 2.74. The fraction of sp³-hybridized carbons (Fsp3) is 0.200. The molecule has 0 saturated heterocycles. The third-order valence-corrected chi connectivity index (χ3v) is 4.13. The monoisotopic (exact) mass is 389 g/mol. The molecule has 0 bridgehead atoms. The van der Waals surface area contributed by atoms with Crippen molar-refractivity contribution in [3.05, 3.63) is 65.9 Å². The first-order valence-corrected chi connectivity index (χ1v) is 8.61. The Morgan fingerprint density at radius 1 is 1.07 bits per heavy atom. The Labute approximate surface area is 159 Å². The summed E-state index contributed by atoms with van der Waals surface area (Å²) in [5.41, 5.74) is 0.572. The molecule has 8 heteroatoms. The molecule has 3 N–H and O–H groups in total. The first-order valence-electron chi connectivity index (χ1n) is 8.61. The maximum Gasteiger partial charge on any atom is 0.416 e. The van der Waals surface area contributed by atoms with Crippen molar-refractivity contribution >= 4 is 22.5 Å². The van der Waals surface area contributed by atoms with Crippen LogP contribution in [0, 0.1) is 0 Å². The average Bonchev–Trinajstić information content (AvgIpc) is 2.66. The number of fused-ring (bicyclic) bond motifs is 1. The molecule has 146 valence electrons. The lowest BCUT2D eigenvalue weighted by atomic mass is 10.1. The van der Waals surface area contributed by atoms with Gasteiger partial charge >= 0.3 is 6.18 Å². The summed E-state index contributed by atoms with van der Waals surface area (Å²) in [5.74, 6) is -0.266. The molecule has 0 aliphatic heterocycles. The number of carbonyl (C=O) groups is 1. The molecule has 1 amide bonds. The normalized spacial score (nSPS) is 11.4. The number of benzene rings is 2. The quantitative estimate of drug-likeness (QED) is 0.553. The molecular formula is C20H18F3N3O2. The molecule has 0 radical (unpaired) electrons. The van der Waals surface area contributed by atoms with Crippen LogP contribution in [0.15, 0.2) is 54.7 Å². The second kappa shape index (κ2) is 8.16. The van der Waals surface area contributed by atoms with Gasteiger partial charge in [0, 0.05) is 35.9 Å². The molecule has 1 aromatic heterocycles. The molecule has 1 heterocycles. The number of aromatic nitrogens is 1. The van der Waals surface area contributed by atoms with Crippen LogP contribution in [0.4, 0.5) is 18.9 Å². The van der Waals surface area contributed by atoms with Gasteiger partial charge in [-0.3, -0.25) is 9.78 Å². The zero-order valence-corrected chi connectivity index (χ0v) is 14.8. The van der Waals surface area contributed by atoms with Gasteiger partial charge in [0.2, 0.25) is 0 Å². The van der Waals surface area contributed by atoms with E-state index in [1.807, 2.05) is 0 Å². The number of aromatic hydroxyl groups is 1. The SMILES string of the molecule is O=C(NCCCNc1ccnc2cc(C(F)(F)F)ccc12)c1cccc(O)c1. The Morgan fingerprint density at radius 3 is 2.64 bits per heavy atom. The first kappa shape index (κ1) is 19.5. The lowest BCUT2D eigenvalue weighted by molar-refractivity contribution is -0.137. The smallest absolute Gasteiger partial charge is 0.416 e. The number of anilines is 1. The van der Waals surface area contributed by atoms with Crippen molar-refractivity contribution in [1.29, 1.82) is 0 Å².